The number of rotatable bonds is 3. The first-order valence-electron chi connectivity index (χ1n) is 3.45. The predicted molar refractivity (Wildman–Crippen MR) is 49.3 cm³/mol. The predicted octanol–water partition coefficient (Wildman–Crippen LogP) is 0.243. The Kier molecular flexibility index (Phi) is 3.10. The number of hydrogen-bond donors (Lipinski definition) is 1. The smallest absolute Gasteiger partial charge is 0.285 e. The molecule has 0 bridgehead atoms. The lowest BCUT2D eigenvalue weighted by Gasteiger charge is -1.93. The third-order valence-corrected chi connectivity index (χ3v) is 1.64. The van der Waals surface area contributed by atoms with Crippen LogP contribution in [0.1, 0.15) is 11.1 Å². The molecule has 1 aromatic carbocycles. The van der Waals surface area contributed by atoms with Crippen LogP contribution in [0.15, 0.2) is 28.7 Å². The first-order chi connectivity index (χ1) is 6.53. The number of carbonyl (C=O) groups excluding carboxylic acids is 1. The Morgan fingerprint density at radius 2 is 1.79 bits per heavy atom. The summed E-state index contributed by atoms with van der Waals surface area (Å²) in [7, 11) is -4.46. The van der Waals surface area contributed by atoms with Crippen LogP contribution in [-0.4, -0.2) is 25.5 Å². The molecule has 1 aromatic rings. The van der Waals surface area contributed by atoms with Gasteiger partial charge in [0.15, 0.2) is 0 Å². The minimum absolute atomic E-state index is 0.125. The summed E-state index contributed by atoms with van der Waals surface area (Å²) in [5.74, 6) is 0. The summed E-state index contributed by atoms with van der Waals surface area (Å²) < 4.78 is 31.5. The van der Waals surface area contributed by atoms with Crippen molar-refractivity contribution in [2.45, 2.75) is 0 Å². The molecule has 2 radical (unpaired) electrons. The lowest BCUT2D eigenvalue weighted by atomic mass is 10.1. The molecule has 0 aromatic heterocycles. The minimum Gasteiger partial charge on any atom is -0.285 e. The van der Waals surface area contributed by atoms with E-state index in [1.54, 1.807) is 18.4 Å². The lowest BCUT2D eigenvalue weighted by molar-refractivity contribution is 0.485. The maximum atomic E-state index is 10.3. The molecule has 5 nitrogen and oxygen atoms in total. The summed E-state index contributed by atoms with van der Waals surface area (Å²) in [4.78, 5) is 10.3. The summed E-state index contributed by atoms with van der Waals surface area (Å²) in [5.41, 5.74) is 0.278. The molecule has 0 heterocycles. The van der Waals surface area contributed by atoms with Crippen molar-refractivity contribution in [3.8, 4) is 0 Å². The highest BCUT2D eigenvalue weighted by molar-refractivity contribution is 7.84. The van der Waals surface area contributed by atoms with Gasteiger partial charge in [-0.1, -0.05) is 24.3 Å². The van der Waals surface area contributed by atoms with Gasteiger partial charge in [-0.2, -0.15) is 8.42 Å². The summed E-state index contributed by atoms with van der Waals surface area (Å²) >= 11 is 0. The third-order valence-electron chi connectivity index (χ3n) is 1.32. The molecular weight excluding hydrogens is 206 g/mol. The van der Waals surface area contributed by atoms with Crippen LogP contribution in [0.3, 0.4) is 0 Å². The molecule has 1 rings (SSSR count). The zero-order chi connectivity index (χ0) is 10.6. The molecule has 1 N–H and O–H groups in total. The van der Waals surface area contributed by atoms with Gasteiger partial charge in [0.05, 0.1) is 0 Å². The van der Waals surface area contributed by atoms with Gasteiger partial charge in [0.25, 0.3) is 0 Å². The van der Waals surface area contributed by atoms with Crippen LogP contribution >= 0.6 is 0 Å². The van der Waals surface area contributed by atoms with E-state index in [1.807, 2.05) is 6.21 Å². The van der Waals surface area contributed by atoms with Crippen molar-refractivity contribution in [3.63, 3.8) is 0 Å². The van der Waals surface area contributed by atoms with Crippen LogP contribution < -0.4 is 0 Å². The largest absolute Gasteiger partial charge is 0.379 e. The Bertz CT molecular complexity index is 464. The van der Waals surface area contributed by atoms with Gasteiger partial charge >= 0.3 is 10.3 Å². The molecule has 0 aliphatic heterocycles. The van der Waals surface area contributed by atoms with E-state index in [9.17, 15) is 13.2 Å². The van der Waals surface area contributed by atoms with Gasteiger partial charge in [-0.15, -0.1) is 4.40 Å². The number of nitrogens with zero attached hydrogens (tertiary/aromatic N) is 1. The van der Waals surface area contributed by atoms with E-state index in [2.05, 4.69) is 4.40 Å². The first kappa shape index (κ1) is 10.6. The Balaban J connectivity index is 3.09. The molecule has 0 unspecified atom stereocenters. The molecule has 72 valence electrons. The van der Waals surface area contributed by atoms with Crippen LogP contribution in [0.5, 0.6) is 0 Å². The monoisotopic (exact) mass is 211 g/mol. The van der Waals surface area contributed by atoms with Crippen molar-refractivity contribution in [3.05, 3.63) is 35.4 Å². The van der Waals surface area contributed by atoms with E-state index in [0.29, 0.717) is 0 Å². The van der Waals surface area contributed by atoms with E-state index in [1.165, 1.54) is 12.1 Å². The van der Waals surface area contributed by atoms with Crippen molar-refractivity contribution in [1.29, 1.82) is 0 Å². The standard InChI is InChI=1S/C8H5NO4S/c10-6-8-4-2-1-3-7(8)5-9-14(11,12)13/h1-4H,(H,11,12,13). The SMILES string of the molecule is O=[C]c1ccccc1/[C]=N/S(=O)(=O)O. The van der Waals surface area contributed by atoms with E-state index in [0.717, 1.165) is 0 Å². The molecule has 0 atom stereocenters. The average molecular weight is 211 g/mol. The van der Waals surface area contributed by atoms with Crippen molar-refractivity contribution in [2.24, 2.45) is 4.40 Å². The highest BCUT2D eigenvalue weighted by Gasteiger charge is 2.01. The molecule has 0 fully saturated rings. The van der Waals surface area contributed by atoms with Gasteiger partial charge in [0.2, 0.25) is 6.29 Å². The van der Waals surface area contributed by atoms with Crippen molar-refractivity contribution in [1.82, 2.24) is 0 Å². The molecule has 0 aliphatic carbocycles. The molecule has 0 spiro atoms. The van der Waals surface area contributed by atoms with Crippen molar-refractivity contribution >= 4 is 22.8 Å². The fourth-order valence-corrected chi connectivity index (χ4v) is 0.990. The maximum absolute atomic E-state index is 10.3. The molecule has 0 saturated heterocycles. The number of benzene rings is 1. The molecule has 14 heavy (non-hydrogen) atoms. The zero-order valence-electron chi connectivity index (χ0n) is 6.84. The quantitative estimate of drug-likeness (QED) is 0.573. The lowest BCUT2D eigenvalue weighted by Crippen LogP contribution is -1.95. The summed E-state index contributed by atoms with van der Waals surface area (Å²) in [6, 6.07) is 6.01. The van der Waals surface area contributed by atoms with E-state index < -0.39 is 10.3 Å². The van der Waals surface area contributed by atoms with Crippen molar-refractivity contribution in [2.75, 3.05) is 0 Å². The van der Waals surface area contributed by atoms with Gasteiger partial charge in [0.1, 0.15) is 6.21 Å². The first-order valence-corrected chi connectivity index (χ1v) is 4.85. The molecule has 0 saturated carbocycles. The fourth-order valence-electron chi connectivity index (χ4n) is 0.776. The molecule has 6 heteroatoms. The zero-order valence-corrected chi connectivity index (χ0v) is 7.65. The van der Waals surface area contributed by atoms with Crippen LogP contribution in [0.2, 0.25) is 0 Å². The summed E-state index contributed by atoms with van der Waals surface area (Å²) in [6.45, 7) is 0. The fraction of sp³-hybridized carbons (Fsp3) is 0. The maximum Gasteiger partial charge on any atom is 0.379 e. The van der Waals surface area contributed by atoms with Gasteiger partial charge in [0, 0.05) is 11.1 Å². The third kappa shape index (κ3) is 3.08. The number of hydrogen-bond acceptors (Lipinski definition) is 3. The second kappa shape index (κ2) is 4.12. The Labute approximate surface area is 81.0 Å². The molecule has 0 amide bonds. The van der Waals surface area contributed by atoms with Crippen LogP contribution in [0.25, 0.3) is 0 Å². The Morgan fingerprint density at radius 1 is 1.21 bits per heavy atom. The normalized spacial score (nSPS) is 11.8. The van der Waals surface area contributed by atoms with Crippen LogP contribution in [0.4, 0.5) is 0 Å². The van der Waals surface area contributed by atoms with E-state index in [-0.39, 0.29) is 11.1 Å². The second-order valence-corrected chi connectivity index (χ2v) is 3.38. The minimum atomic E-state index is -4.46. The van der Waals surface area contributed by atoms with Crippen LogP contribution in [0, 0.1) is 0 Å². The average Bonchev–Trinajstić information content (AvgIpc) is 2.14. The molecular formula is C8H5NO4S. The Morgan fingerprint density at radius 3 is 2.29 bits per heavy atom. The van der Waals surface area contributed by atoms with E-state index in [4.69, 9.17) is 4.55 Å². The van der Waals surface area contributed by atoms with Crippen LogP contribution in [-0.2, 0) is 15.1 Å². The summed E-state index contributed by atoms with van der Waals surface area (Å²) in [5, 5.41) is 0. The highest BCUT2D eigenvalue weighted by Crippen LogP contribution is 2.03. The second-order valence-electron chi connectivity index (χ2n) is 2.30. The van der Waals surface area contributed by atoms with E-state index >= 15 is 0 Å². The summed E-state index contributed by atoms with van der Waals surface area (Å²) in [6.07, 6.45) is 3.61. The van der Waals surface area contributed by atoms with Gasteiger partial charge in [-0.25, -0.2) is 0 Å². The van der Waals surface area contributed by atoms with Gasteiger partial charge in [-0.3, -0.25) is 9.35 Å². The molecule has 0 aliphatic rings. The van der Waals surface area contributed by atoms with Gasteiger partial charge in [-0.05, 0) is 0 Å². The highest BCUT2D eigenvalue weighted by atomic mass is 32.2. The van der Waals surface area contributed by atoms with Gasteiger partial charge < -0.3 is 0 Å². The van der Waals surface area contributed by atoms with Crippen molar-refractivity contribution < 1.29 is 17.8 Å². The topological polar surface area (TPSA) is 83.8 Å². The Hall–Kier alpha value is -1.53.